The van der Waals surface area contributed by atoms with E-state index in [1.165, 1.54) is 0 Å². The molecule has 0 aromatic heterocycles. The molecule has 7 nitrogen and oxygen atoms in total. The minimum absolute atomic E-state index is 0.0163. The number of nitrogens with zero attached hydrogens (tertiary/aromatic N) is 1. The van der Waals surface area contributed by atoms with Gasteiger partial charge >= 0.3 is 0 Å². The van der Waals surface area contributed by atoms with E-state index in [1.54, 1.807) is 18.2 Å². The second-order valence-electron chi connectivity index (χ2n) is 9.32. The van der Waals surface area contributed by atoms with Crippen LogP contribution in [0.25, 0.3) is 6.08 Å². The highest BCUT2D eigenvalue weighted by molar-refractivity contribution is 6.07. The number of Topliss-reactive ketones (excluding diaryl/α,β-unsaturated/α-hetero) is 1. The van der Waals surface area contributed by atoms with Crippen LogP contribution in [0, 0.1) is 0 Å². The van der Waals surface area contributed by atoms with E-state index in [0.717, 1.165) is 36.8 Å². The van der Waals surface area contributed by atoms with Gasteiger partial charge in [0.25, 0.3) is 5.91 Å². The molecule has 35 heavy (non-hydrogen) atoms. The van der Waals surface area contributed by atoms with Gasteiger partial charge in [-0.25, -0.2) is 0 Å². The SMILES string of the molecule is CCCN(CCC)C(=O)C1=Cc2ccc(C(=O)Nc3ccc4c(c3)C(=O)CCC4)cc2NC(N)C1. The largest absolute Gasteiger partial charge is 0.369 e. The fourth-order valence-electron chi connectivity index (χ4n) is 4.80. The number of hydrogen-bond donors (Lipinski definition) is 3. The van der Waals surface area contributed by atoms with E-state index in [-0.39, 0.29) is 17.6 Å². The molecule has 1 unspecified atom stereocenters. The Kier molecular flexibility index (Phi) is 7.66. The Morgan fingerprint density at radius 3 is 2.60 bits per heavy atom. The third-order valence-electron chi connectivity index (χ3n) is 6.49. The fourth-order valence-corrected chi connectivity index (χ4v) is 4.80. The number of benzene rings is 2. The Morgan fingerprint density at radius 1 is 1.09 bits per heavy atom. The van der Waals surface area contributed by atoms with Gasteiger partial charge in [0.05, 0.1) is 6.17 Å². The van der Waals surface area contributed by atoms with Crippen LogP contribution in [0.4, 0.5) is 11.4 Å². The van der Waals surface area contributed by atoms with Crippen molar-refractivity contribution < 1.29 is 14.4 Å². The van der Waals surface area contributed by atoms with Gasteiger partial charge < -0.3 is 21.3 Å². The van der Waals surface area contributed by atoms with Gasteiger partial charge in [-0.15, -0.1) is 0 Å². The third kappa shape index (κ3) is 5.62. The summed E-state index contributed by atoms with van der Waals surface area (Å²) in [6.45, 7) is 5.56. The molecule has 1 aliphatic heterocycles. The highest BCUT2D eigenvalue weighted by Gasteiger charge is 2.23. The first-order valence-corrected chi connectivity index (χ1v) is 12.5. The smallest absolute Gasteiger partial charge is 0.255 e. The number of carbonyl (C=O) groups excluding carboxylic acids is 3. The number of hydrogen-bond acceptors (Lipinski definition) is 5. The first-order chi connectivity index (χ1) is 16.9. The van der Waals surface area contributed by atoms with Crippen molar-refractivity contribution >= 4 is 35.0 Å². The molecule has 2 aromatic rings. The molecule has 0 bridgehead atoms. The molecule has 4 N–H and O–H groups in total. The molecule has 1 aliphatic carbocycles. The van der Waals surface area contributed by atoms with Crippen LogP contribution in [0.15, 0.2) is 42.0 Å². The minimum atomic E-state index is -0.443. The molecule has 0 spiro atoms. The van der Waals surface area contributed by atoms with Gasteiger partial charge in [-0.1, -0.05) is 26.0 Å². The van der Waals surface area contributed by atoms with Crippen molar-refractivity contribution in [3.63, 3.8) is 0 Å². The van der Waals surface area contributed by atoms with Gasteiger partial charge in [0.15, 0.2) is 5.78 Å². The average molecular weight is 475 g/mol. The van der Waals surface area contributed by atoms with Crippen LogP contribution in [0.5, 0.6) is 0 Å². The van der Waals surface area contributed by atoms with Gasteiger partial charge in [-0.05, 0) is 67.2 Å². The van der Waals surface area contributed by atoms with Gasteiger partial charge in [-0.2, -0.15) is 0 Å². The quantitative estimate of drug-likeness (QED) is 0.544. The molecule has 2 amide bonds. The van der Waals surface area contributed by atoms with Gasteiger partial charge in [-0.3, -0.25) is 14.4 Å². The molecule has 1 atom stereocenters. The lowest BCUT2D eigenvalue weighted by Gasteiger charge is -2.23. The molecule has 4 rings (SSSR count). The minimum Gasteiger partial charge on any atom is -0.369 e. The number of carbonyl (C=O) groups is 3. The molecule has 0 radical (unpaired) electrons. The number of rotatable bonds is 7. The van der Waals surface area contributed by atoms with Crippen LogP contribution in [0.3, 0.4) is 0 Å². The van der Waals surface area contributed by atoms with Crippen LogP contribution in [-0.2, 0) is 11.2 Å². The summed E-state index contributed by atoms with van der Waals surface area (Å²) < 4.78 is 0. The van der Waals surface area contributed by atoms with Crippen molar-refractivity contribution in [2.75, 3.05) is 23.7 Å². The maximum Gasteiger partial charge on any atom is 0.255 e. The van der Waals surface area contributed by atoms with Crippen molar-refractivity contribution in [1.29, 1.82) is 0 Å². The van der Waals surface area contributed by atoms with Crippen LogP contribution in [0.1, 0.15) is 77.8 Å². The number of anilines is 2. The first kappa shape index (κ1) is 24.7. The standard InChI is InChI=1S/C28H34N4O3/c1-3-12-32(13-4-2)28(35)21-14-19-8-9-20(15-24(19)31-26(29)16-21)27(34)30-22-11-10-18-6-5-7-25(33)23(18)17-22/h8-11,14-15,17,26,31H,3-7,12-13,16,29H2,1-2H3,(H,30,34). The van der Waals surface area contributed by atoms with Crippen molar-refractivity contribution in [2.24, 2.45) is 5.73 Å². The van der Waals surface area contributed by atoms with Crippen LogP contribution < -0.4 is 16.4 Å². The number of fused-ring (bicyclic) bond motifs is 2. The summed E-state index contributed by atoms with van der Waals surface area (Å²) in [5, 5.41) is 6.15. The summed E-state index contributed by atoms with van der Waals surface area (Å²) in [5.74, 6) is -0.130. The van der Waals surface area contributed by atoms with E-state index in [9.17, 15) is 14.4 Å². The lowest BCUT2D eigenvalue weighted by molar-refractivity contribution is -0.127. The van der Waals surface area contributed by atoms with Crippen LogP contribution >= 0.6 is 0 Å². The summed E-state index contributed by atoms with van der Waals surface area (Å²) in [4.78, 5) is 40.3. The Hall–Kier alpha value is -3.45. The van der Waals surface area contributed by atoms with Gasteiger partial charge in [0.1, 0.15) is 0 Å². The van der Waals surface area contributed by atoms with E-state index in [0.29, 0.717) is 54.0 Å². The van der Waals surface area contributed by atoms with Crippen molar-refractivity contribution in [1.82, 2.24) is 4.90 Å². The van der Waals surface area contributed by atoms with Gasteiger partial charge in [0, 0.05) is 54.0 Å². The highest BCUT2D eigenvalue weighted by atomic mass is 16.2. The second-order valence-corrected chi connectivity index (χ2v) is 9.32. The molecule has 0 fully saturated rings. The van der Waals surface area contributed by atoms with E-state index < -0.39 is 6.17 Å². The van der Waals surface area contributed by atoms with E-state index in [1.807, 2.05) is 29.2 Å². The molecule has 1 heterocycles. The average Bonchev–Trinajstić information content (AvgIpc) is 3.01. The van der Waals surface area contributed by atoms with Crippen LogP contribution in [-0.4, -0.2) is 41.8 Å². The number of nitrogens with one attached hydrogen (secondary N) is 2. The first-order valence-electron chi connectivity index (χ1n) is 12.5. The molecule has 7 heteroatoms. The van der Waals surface area contributed by atoms with E-state index >= 15 is 0 Å². The van der Waals surface area contributed by atoms with E-state index in [4.69, 9.17) is 5.73 Å². The lowest BCUT2D eigenvalue weighted by atomic mass is 9.90. The predicted octanol–water partition coefficient (Wildman–Crippen LogP) is 4.59. The van der Waals surface area contributed by atoms with Gasteiger partial charge in [0.2, 0.25) is 5.91 Å². The number of nitrogens with two attached hydrogens (primary N) is 1. The number of aryl methyl sites for hydroxylation is 1. The fraction of sp³-hybridized carbons (Fsp3) is 0.393. The summed E-state index contributed by atoms with van der Waals surface area (Å²) >= 11 is 0. The summed E-state index contributed by atoms with van der Waals surface area (Å²) in [7, 11) is 0. The number of amides is 2. The Balaban J connectivity index is 1.55. The lowest BCUT2D eigenvalue weighted by Crippen LogP contribution is -2.36. The topological polar surface area (TPSA) is 105 Å². The zero-order valence-corrected chi connectivity index (χ0v) is 20.5. The summed E-state index contributed by atoms with van der Waals surface area (Å²) in [6, 6.07) is 10.9. The summed E-state index contributed by atoms with van der Waals surface area (Å²) in [6.07, 6.45) is 5.95. The Bertz CT molecular complexity index is 1160. The molecule has 2 aromatic carbocycles. The van der Waals surface area contributed by atoms with Crippen molar-refractivity contribution in [2.45, 2.75) is 58.5 Å². The molecule has 184 valence electrons. The highest BCUT2D eigenvalue weighted by Crippen LogP contribution is 2.28. The monoisotopic (exact) mass is 474 g/mol. The predicted molar refractivity (Wildman–Crippen MR) is 139 cm³/mol. The second kappa shape index (κ2) is 10.9. The Labute approximate surface area is 206 Å². The molecule has 2 aliphatic rings. The molecular weight excluding hydrogens is 440 g/mol. The molecule has 0 saturated carbocycles. The Morgan fingerprint density at radius 2 is 1.86 bits per heavy atom. The van der Waals surface area contributed by atoms with E-state index in [2.05, 4.69) is 24.5 Å². The maximum atomic E-state index is 13.2. The maximum absolute atomic E-state index is 13.2. The third-order valence-corrected chi connectivity index (χ3v) is 6.49. The van der Waals surface area contributed by atoms with Crippen molar-refractivity contribution in [3.05, 3.63) is 64.2 Å². The number of ketones is 1. The van der Waals surface area contributed by atoms with Crippen molar-refractivity contribution in [3.8, 4) is 0 Å². The zero-order valence-electron chi connectivity index (χ0n) is 20.5. The molecular formula is C28H34N4O3. The summed E-state index contributed by atoms with van der Waals surface area (Å²) in [5.41, 5.74) is 11.3. The normalized spacial score (nSPS) is 16.8. The molecule has 0 saturated heterocycles. The van der Waals surface area contributed by atoms with Crippen LogP contribution in [0.2, 0.25) is 0 Å². The zero-order chi connectivity index (χ0) is 24.9.